The van der Waals surface area contributed by atoms with Gasteiger partial charge in [0, 0.05) is 12.6 Å². The Kier molecular flexibility index (Phi) is 4.08. The van der Waals surface area contributed by atoms with Crippen molar-refractivity contribution in [2.24, 2.45) is 0 Å². The molecule has 0 saturated carbocycles. The summed E-state index contributed by atoms with van der Waals surface area (Å²) < 4.78 is 0. The minimum atomic E-state index is -0.257. The van der Waals surface area contributed by atoms with E-state index >= 15 is 0 Å². The first kappa shape index (κ1) is 12.0. The molecule has 0 bridgehead atoms. The standard InChI is InChI=1S/C10H19N3O2/c1-8(2)12(3)5-4-6-13-9(14)7-11-10(13)15/h8H,4-7H2,1-3H3,(H,11,15). The predicted octanol–water partition coefficient (Wildman–Crippen LogP) is 0.269. The molecule has 0 aromatic carbocycles. The highest BCUT2D eigenvalue weighted by Crippen LogP contribution is 2.02. The van der Waals surface area contributed by atoms with Crippen molar-refractivity contribution in [3.63, 3.8) is 0 Å². The second-order valence-corrected chi connectivity index (χ2v) is 4.13. The fourth-order valence-corrected chi connectivity index (χ4v) is 1.42. The van der Waals surface area contributed by atoms with Gasteiger partial charge in [-0.25, -0.2) is 4.79 Å². The maximum Gasteiger partial charge on any atom is 0.324 e. The lowest BCUT2D eigenvalue weighted by Gasteiger charge is -2.21. The van der Waals surface area contributed by atoms with E-state index < -0.39 is 0 Å². The summed E-state index contributed by atoms with van der Waals surface area (Å²) in [6.45, 7) is 5.80. The zero-order valence-corrected chi connectivity index (χ0v) is 9.62. The average Bonchev–Trinajstić information content (AvgIpc) is 2.48. The van der Waals surface area contributed by atoms with Gasteiger partial charge in [0.15, 0.2) is 0 Å². The van der Waals surface area contributed by atoms with E-state index in [2.05, 4.69) is 24.1 Å². The zero-order valence-electron chi connectivity index (χ0n) is 9.62. The molecule has 5 heteroatoms. The topological polar surface area (TPSA) is 52.6 Å². The summed E-state index contributed by atoms with van der Waals surface area (Å²) >= 11 is 0. The number of nitrogens with one attached hydrogen (secondary N) is 1. The van der Waals surface area contributed by atoms with Crippen molar-refractivity contribution in [2.45, 2.75) is 26.3 Å². The molecule has 1 fully saturated rings. The van der Waals surface area contributed by atoms with Gasteiger partial charge in [0.05, 0.1) is 6.54 Å². The molecule has 0 spiro atoms. The van der Waals surface area contributed by atoms with Crippen molar-refractivity contribution in [3.8, 4) is 0 Å². The molecule has 1 aliphatic heterocycles. The molecule has 1 saturated heterocycles. The van der Waals surface area contributed by atoms with E-state index in [9.17, 15) is 9.59 Å². The van der Waals surface area contributed by atoms with Gasteiger partial charge in [0.25, 0.3) is 0 Å². The van der Waals surface area contributed by atoms with Crippen LogP contribution in [0.2, 0.25) is 0 Å². The van der Waals surface area contributed by atoms with E-state index in [1.54, 1.807) is 0 Å². The zero-order chi connectivity index (χ0) is 11.4. The van der Waals surface area contributed by atoms with Crippen LogP contribution in [0.4, 0.5) is 4.79 Å². The van der Waals surface area contributed by atoms with Gasteiger partial charge in [0.2, 0.25) is 5.91 Å². The lowest BCUT2D eigenvalue weighted by Crippen LogP contribution is -2.35. The van der Waals surface area contributed by atoms with Gasteiger partial charge < -0.3 is 10.2 Å². The van der Waals surface area contributed by atoms with Crippen LogP contribution in [0.3, 0.4) is 0 Å². The van der Waals surface area contributed by atoms with Gasteiger partial charge in [-0.15, -0.1) is 0 Å². The van der Waals surface area contributed by atoms with Gasteiger partial charge in [-0.1, -0.05) is 0 Å². The monoisotopic (exact) mass is 213 g/mol. The number of imide groups is 1. The van der Waals surface area contributed by atoms with E-state index in [4.69, 9.17) is 0 Å². The van der Waals surface area contributed by atoms with Crippen LogP contribution in [0.15, 0.2) is 0 Å². The molecule has 15 heavy (non-hydrogen) atoms. The van der Waals surface area contributed by atoms with E-state index in [0.717, 1.165) is 13.0 Å². The van der Waals surface area contributed by atoms with E-state index in [-0.39, 0.29) is 18.5 Å². The summed E-state index contributed by atoms with van der Waals surface area (Å²) in [6.07, 6.45) is 0.827. The molecule has 0 radical (unpaired) electrons. The van der Waals surface area contributed by atoms with Gasteiger partial charge in [0.1, 0.15) is 0 Å². The first-order chi connectivity index (χ1) is 7.02. The smallest absolute Gasteiger partial charge is 0.324 e. The Morgan fingerprint density at radius 2 is 2.13 bits per heavy atom. The Labute approximate surface area is 90.4 Å². The third kappa shape index (κ3) is 3.20. The van der Waals surface area contributed by atoms with E-state index in [1.165, 1.54) is 4.90 Å². The van der Waals surface area contributed by atoms with Crippen LogP contribution in [-0.2, 0) is 4.79 Å². The number of urea groups is 1. The van der Waals surface area contributed by atoms with Gasteiger partial charge >= 0.3 is 6.03 Å². The molecule has 1 rings (SSSR count). The summed E-state index contributed by atoms with van der Waals surface area (Å²) in [5, 5.41) is 2.50. The molecule has 0 aromatic rings. The highest BCUT2D eigenvalue weighted by Gasteiger charge is 2.27. The van der Waals surface area contributed by atoms with Crippen LogP contribution in [0.5, 0.6) is 0 Å². The lowest BCUT2D eigenvalue weighted by atomic mass is 10.3. The molecule has 3 amide bonds. The van der Waals surface area contributed by atoms with Crippen LogP contribution < -0.4 is 5.32 Å². The maximum atomic E-state index is 11.2. The first-order valence-corrected chi connectivity index (χ1v) is 5.31. The van der Waals surface area contributed by atoms with E-state index in [1.807, 2.05) is 7.05 Å². The SMILES string of the molecule is CC(C)N(C)CCCN1C(=O)CNC1=O. The molecule has 5 nitrogen and oxygen atoms in total. The molecule has 0 aliphatic carbocycles. The Hall–Kier alpha value is -1.10. The second kappa shape index (κ2) is 5.11. The van der Waals surface area contributed by atoms with Crippen molar-refractivity contribution < 1.29 is 9.59 Å². The number of rotatable bonds is 5. The lowest BCUT2D eigenvalue weighted by molar-refractivity contribution is -0.125. The fraction of sp³-hybridized carbons (Fsp3) is 0.800. The second-order valence-electron chi connectivity index (χ2n) is 4.13. The minimum Gasteiger partial charge on any atom is -0.329 e. The van der Waals surface area contributed by atoms with Crippen molar-refractivity contribution >= 4 is 11.9 Å². The van der Waals surface area contributed by atoms with Crippen molar-refractivity contribution in [3.05, 3.63) is 0 Å². The first-order valence-electron chi connectivity index (χ1n) is 5.31. The largest absolute Gasteiger partial charge is 0.329 e. The van der Waals surface area contributed by atoms with Crippen LogP contribution in [0.25, 0.3) is 0 Å². The Morgan fingerprint density at radius 1 is 1.47 bits per heavy atom. The molecule has 0 aromatic heterocycles. The summed E-state index contributed by atoms with van der Waals surface area (Å²) in [6, 6.07) is 0.236. The summed E-state index contributed by atoms with van der Waals surface area (Å²) in [5.74, 6) is -0.118. The fourth-order valence-electron chi connectivity index (χ4n) is 1.42. The number of hydrogen-bond acceptors (Lipinski definition) is 3. The molecule has 86 valence electrons. The number of hydrogen-bond donors (Lipinski definition) is 1. The van der Waals surface area contributed by atoms with Crippen molar-refractivity contribution in [1.29, 1.82) is 0 Å². The quantitative estimate of drug-likeness (QED) is 0.667. The molecule has 1 heterocycles. The molecule has 1 aliphatic rings. The molecule has 0 unspecified atom stereocenters. The Balaban J connectivity index is 2.25. The van der Waals surface area contributed by atoms with Crippen LogP contribution >= 0.6 is 0 Å². The number of carbonyl (C=O) groups is 2. The minimum absolute atomic E-state index is 0.118. The molecule has 0 atom stereocenters. The highest BCUT2D eigenvalue weighted by atomic mass is 16.2. The molecular formula is C10H19N3O2. The highest BCUT2D eigenvalue weighted by molar-refractivity contribution is 6.01. The van der Waals surface area contributed by atoms with Crippen molar-refractivity contribution in [1.82, 2.24) is 15.1 Å². The third-order valence-corrected chi connectivity index (χ3v) is 2.71. The number of nitrogens with zero attached hydrogens (tertiary/aromatic N) is 2. The van der Waals surface area contributed by atoms with Gasteiger partial charge in [-0.05, 0) is 33.9 Å². The third-order valence-electron chi connectivity index (χ3n) is 2.71. The van der Waals surface area contributed by atoms with Gasteiger partial charge in [-0.2, -0.15) is 0 Å². The number of amides is 3. The number of carbonyl (C=O) groups excluding carboxylic acids is 2. The average molecular weight is 213 g/mol. The van der Waals surface area contributed by atoms with Gasteiger partial charge in [-0.3, -0.25) is 9.69 Å². The Morgan fingerprint density at radius 3 is 2.60 bits per heavy atom. The Bertz CT molecular complexity index is 237. The van der Waals surface area contributed by atoms with Crippen LogP contribution in [0, 0.1) is 0 Å². The van der Waals surface area contributed by atoms with Crippen molar-refractivity contribution in [2.75, 3.05) is 26.7 Å². The predicted molar refractivity (Wildman–Crippen MR) is 57.5 cm³/mol. The van der Waals surface area contributed by atoms with Crippen LogP contribution in [-0.4, -0.2) is 54.5 Å². The molecule has 1 N–H and O–H groups in total. The summed E-state index contributed by atoms with van der Waals surface area (Å²) in [4.78, 5) is 25.9. The normalized spacial score (nSPS) is 16.7. The van der Waals surface area contributed by atoms with E-state index in [0.29, 0.717) is 12.6 Å². The van der Waals surface area contributed by atoms with Crippen LogP contribution in [0.1, 0.15) is 20.3 Å². The summed E-state index contributed by atoms with van der Waals surface area (Å²) in [5.41, 5.74) is 0. The molecular weight excluding hydrogens is 194 g/mol. The summed E-state index contributed by atoms with van der Waals surface area (Å²) in [7, 11) is 2.04. The maximum absolute atomic E-state index is 11.2.